The molecule has 6 heteroatoms. The SMILES string of the molecule is COc1ccc(-c2csc(CC(=O)Nc3ccc(C)cc3)n2)cc1F. The fraction of sp³-hybridized carbons (Fsp3) is 0.158. The lowest BCUT2D eigenvalue weighted by atomic mass is 10.1. The van der Waals surface area contributed by atoms with E-state index < -0.39 is 5.82 Å². The number of aromatic nitrogens is 1. The third-order valence-corrected chi connectivity index (χ3v) is 4.50. The summed E-state index contributed by atoms with van der Waals surface area (Å²) >= 11 is 1.38. The Kier molecular flexibility index (Phi) is 5.09. The summed E-state index contributed by atoms with van der Waals surface area (Å²) in [6.07, 6.45) is 0.178. The number of nitrogens with zero attached hydrogens (tertiary/aromatic N) is 1. The van der Waals surface area contributed by atoms with Gasteiger partial charge in [0.1, 0.15) is 5.01 Å². The van der Waals surface area contributed by atoms with Crippen molar-refractivity contribution >= 4 is 22.9 Å². The van der Waals surface area contributed by atoms with Crippen molar-refractivity contribution < 1.29 is 13.9 Å². The molecular weight excluding hydrogens is 339 g/mol. The molecule has 128 valence electrons. The Morgan fingerprint density at radius 1 is 1.24 bits per heavy atom. The minimum Gasteiger partial charge on any atom is -0.494 e. The van der Waals surface area contributed by atoms with Gasteiger partial charge >= 0.3 is 0 Å². The molecule has 0 aliphatic rings. The molecule has 3 aromatic rings. The van der Waals surface area contributed by atoms with Crippen molar-refractivity contribution in [3.63, 3.8) is 0 Å². The molecule has 0 saturated heterocycles. The topological polar surface area (TPSA) is 51.2 Å². The summed E-state index contributed by atoms with van der Waals surface area (Å²) in [4.78, 5) is 16.6. The molecule has 0 saturated carbocycles. The van der Waals surface area contributed by atoms with Crippen molar-refractivity contribution in [1.82, 2.24) is 4.98 Å². The second-order valence-electron chi connectivity index (χ2n) is 5.57. The van der Waals surface area contributed by atoms with Gasteiger partial charge in [-0.1, -0.05) is 17.7 Å². The van der Waals surface area contributed by atoms with E-state index in [1.807, 2.05) is 36.6 Å². The highest BCUT2D eigenvalue weighted by atomic mass is 32.1. The van der Waals surface area contributed by atoms with Crippen molar-refractivity contribution in [3.05, 3.63) is 64.2 Å². The Hall–Kier alpha value is -2.73. The van der Waals surface area contributed by atoms with Gasteiger partial charge in [0.15, 0.2) is 11.6 Å². The molecule has 2 aromatic carbocycles. The number of anilines is 1. The number of nitrogens with one attached hydrogen (secondary N) is 1. The molecule has 0 unspecified atom stereocenters. The largest absolute Gasteiger partial charge is 0.494 e. The number of rotatable bonds is 5. The predicted molar refractivity (Wildman–Crippen MR) is 97.6 cm³/mol. The van der Waals surface area contributed by atoms with E-state index >= 15 is 0 Å². The molecule has 1 aromatic heterocycles. The summed E-state index contributed by atoms with van der Waals surface area (Å²) in [5.41, 5.74) is 3.18. The molecule has 0 aliphatic heterocycles. The number of ether oxygens (including phenoxy) is 1. The van der Waals surface area contributed by atoms with Crippen LogP contribution in [0.25, 0.3) is 11.3 Å². The molecule has 1 N–H and O–H groups in total. The van der Waals surface area contributed by atoms with Gasteiger partial charge in [0, 0.05) is 16.6 Å². The summed E-state index contributed by atoms with van der Waals surface area (Å²) in [5.74, 6) is -0.381. The van der Waals surface area contributed by atoms with Gasteiger partial charge in [-0.15, -0.1) is 11.3 Å². The summed E-state index contributed by atoms with van der Waals surface area (Å²) in [6.45, 7) is 1.99. The maximum Gasteiger partial charge on any atom is 0.231 e. The van der Waals surface area contributed by atoms with Gasteiger partial charge in [-0.3, -0.25) is 4.79 Å². The van der Waals surface area contributed by atoms with E-state index in [0.29, 0.717) is 16.3 Å². The van der Waals surface area contributed by atoms with Crippen LogP contribution in [0.4, 0.5) is 10.1 Å². The molecule has 25 heavy (non-hydrogen) atoms. The van der Waals surface area contributed by atoms with Gasteiger partial charge < -0.3 is 10.1 Å². The molecule has 0 radical (unpaired) electrons. The van der Waals surface area contributed by atoms with Gasteiger partial charge in [0.25, 0.3) is 0 Å². The Morgan fingerprint density at radius 3 is 2.68 bits per heavy atom. The van der Waals surface area contributed by atoms with Crippen molar-refractivity contribution in [3.8, 4) is 17.0 Å². The minimum absolute atomic E-state index is 0.134. The molecule has 0 bridgehead atoms. The fourth-order valence-corrected chi connectivity index (χ4v) is 3.13. The summed E-state index contributed by atoms with van der Waals surface area (Å²) in [5, 5.41) is 5.33. The maximum atomic E-state index is 13.8. The van der Waals surface area contributed by atoms with Crippen LogP contribution in [0.5, 0.6) is 5.75 Å². The highest BCUT2D eigenvalue weighted by Gasteiger charge is 2.11. The fourth-order valence-electron chi connectivity index (χ4n) is 2.33. The zero-order chi connectivity index (χ0) is 17.8. The number of amides is 1. The second kappa shape index (κ2) is 7.44. The molecule has 0 atom stereocenters. The van der Waals surface area contributed by atoms with Crippen LogP contribution in [0.3, 0.4) is 0 Å². The van der Waals surface area contributed by atoms with Crippen LogP contribution in [-0.2, 0) is 11.2 Å². The van der Waals surface area contributed by atoms with Gasteiger partial charge in [-0.25, -0.2) is 9.37 Å². The molecule has 1 amide bonds. The molecular formula is C19H17FN2O2S. The molecule has 0 aliphatic carbocycles. The van der Waals surface area contributed by atoms with Crippen molar-refractivity contribution in [2.24, 2.45) is 0 Å². The average molecular weight is 356 g/mol. The van der Waals surface area contributed by atoms with Crippen LogP contribution in [0.15, 0.2) is 47.8 Å². The smallest absolute Gasteiger partial charge is 0.231 e. The van der Waals surface area contributed by atoms with Gasteiger partial charge in [0.2, 0.25) is 5.91 Å². The van der Waals surface area contributed by atoms with Crippen LogP contribution in [0.1, 0.15) is 10.6 Å². The zero-order valence-corrected chi connectivity index (χ0v) is 14.7. The molecule has 3 rings (SSSR count). The maximum absolute atomic E-state index is 13.8. The number of carbonyl (C=O) groups is 1. The lowest BCUT2D eigenvalue weighted by Gasteiger charge is -2.04. The number of benzene rings is 2. The Balaban J connectivity index is 1.68. The van der Waals surface area contributed by atoms with Crippen molar-refractivity contribution in [2.45, 2.75) is 13.3 Å². The number of methoxy groups -OCH3 is 1. The number of halogens is 1. The van der Waals surface area contributed by atoms with Crippen LogP contribution >= 0.6 is 11.3 Å². The first-order valence-electron chi connectivity index (χ1n) is 7.70. The van der Waals surface area contributed by atoms with Gasteiger partial charge in [0.05, 0.1) is 19.2 Å². The van der Waals surface area contributed by atoms with Gasteiger partial charge in [-0.05, 0) is 37.3 Å². The highest BCUT2D eigenvalue weighted by Crippen LogP contribution is 2.27. The third kappa shape index (κ3) is 4.22. The predicted octanol–water partition coefficient (Wildman–Crippen LogP) is 4.45. The zero-order valence-electron chi connectivity index (χ0n) is 13.9. The van der Waals surface area contributed by atoms with E-state index in [4.69, 9.17) is 4.74 Å². The van der Waals surface area contributed by atoms with Crippen LogP contribution < -0.4 is 10.1 Å². The van der Waals surface area contributed by atoms with Crippen LogP contribution in [-0.4, -0.2) is 18.0 Å². The Morgan fingerprint density at radius 2 is 2.00 bits per heavy atom. The number of hydrogen-bond acceptors (Lipinski definition) is 4. The van der Waals surface area contributed by atoms with E-state index in [9.17, 15) is 9.18 Å². The molecule has 0 fully saturated rings. The monoisotopic (exact) mass is 356 g/mol. The van der Waals surface area contributed by atoms with E-state index in [-0.39, 0.29) is 18.1 Å². The number of aryl methyl sites for hydroxylation is 1. The lowest BCUT2D eigenvalue weighted by Crippen LogP contribution is -2.14. The minimum atomic E-state index is -0.438. The van der Waals surface area contributed by atoms with Crippen molar-refractivity contribution in [1.29, 1.82) is 0 Å². The highest BCUT2D eigenvalue weighted by molar-refractivity contribution is 7.10. The van der Waals surface area contributed by atoms with Crippen molar-refractivity contribution in [2.75, 3.05) is 12.4 Å². The first-order valence-corrected chi connectivity index (χ1v) is 8.58. The normalized spacial score (nSPS) is 10.5. The number of carbonyl (C=O) groups excluding carboxylic acids is 1. The van der Waals surface area contributed by atoms with E-state index in [1.165, 1.54) is 24.5 Å². The van der Waals surface area contributed by atoms with Crippen LogP contribution in [0.2, 0.25) is 0 Å². The lowest BCUT2D eigenvalue weighted by molar-refractivity contribution is -0.115. The Bertz CT molecular complexity index is 891. The Labute approximate surface area is 149 Å². The quantitative estimate of drug-likeness (QED) is 0.735. The third-order valence-electron chi connectivity index (χ3n) is 3.65. The summed E-state index contributed by atoms with van der Waals surface area (Å²) in [6, 6.07) is 12.3. The van der Waals surface area contributed by atoms with E-state index in [2.05, 4.69) is 10.3 Å². The number of thiazole rings is 1. The molecule has 4 nitrogen and oxygen atoms in total. The molecule has 0 spiro atoms. The van der Waals surface area contributed by atoms with Gasteiger partial charge in [-0.2, -0.15) is 0 Å². The first-order chi connectivity index (χ1) is 12.0. The second-order valence-corrected chi connectivity index (χ2v) is 6.51. The first kappa shape index (κ1) is 17.1. The molecule has 1 heterocycles. The number of hydrogen-bond donors (Lipinski definition) is 1. The average Bonchev–Trinajstić information content (AvgIpc) is 3.05. The van der Waals surface area contributed by atoms with Crippen LogP contribution in [0, 0.1) is 12.7 Å². The standard InChI is InChI=1S/C19H17FN2O2S/c1-12-3-6-14(7-4-12)21-18(23)10-19-22-16(11-25-19)13-5-8-17(24-2)15(20)9-13/h3-9,11H,10H2,1-2H3,(H,21,23). The van der Waals surface area contributed by atoms with E-state index in [1.54, 1.807) is 12.1 Å². The van der Waals surface area contributed by atoms with E-state index in [0.717, 1.165) is 11.3 Å². The summed E-state index contributed by atoms with van der Waals surface area (Å²) in [7, 11) is 1.42. The summed E-state index contributed by atoms with van der Waals surface area (Å²) < 4.78 is 18.7.